The maximum atomic E-state index is 13.2. The molecule has 6 heteroatoms. The highest BCUT2D eigenvalue weighted by Crippen LogP contribution is 2.30. The predicted octanol–water partition coefficient (Wildman–Crippen LogP) is 1.77. The number of rotatable bonds is 4. The number of carbonyl (C=O) groups excluding carboxylic acids is 1. The highest BCUT2D eigenvalue weighted by molar-refractivity contribution is 9.10. The molecule has 0 radical (unpaired) electrons. The lowest BCUT2D eigenvalue weighted by Crippen LogP contribution is -2.35. The summed E-state index contributed by atoms with van der Waals surface area (Å²) in [5.41, 5.74) is 5.75. The van der Waals surface area contributed by atoms with E-state index < -0.39 is 5.82 Å². The molecule has 1 aromatic carbocycles. The Morgan fingerprint density at radius 2 is 2.22 bits per heavy atom. The molecule has 1 aromatic rings. The first-order chi connectivity index (χ1) is 8.54. The number of aliphatic hydroxyl groups excluding tert-OH is 1. The first-order valence-electron chi connectivity index (χ1n) is 5.71. The molecule has 0 aromatic heterocycles. The van der Waals surface area contributed by atoms with Crippen LogP contribution in [0.15, 0.2) is 16.6 Å². The number of anilines is 1. The summed E-state index contributed by atoms with van der Waals surface area (Å²) in [6, 6.07) is 2.70. The van der Waals surface area contributed by atoms with Crippen molar-refractivity contribution in [2.24, 2.45) is 0 Å². The van der Waals surface area contributed by atoms with Crippen LogP contribution in [0.1, 0.15) is 23.2 Å². The zero-order valence-corrected chi connectivity index (χ0v) is 11.3. The van der Waals surface area contributed by atoms with Gasteiger partial charge in [-0.3, -0.25) is 4.79 Å². The monoisotopic (exact) mass is 316 g/mol. The summed E-state index contributed by atoms with van der Waals surface area (Å²) in [4.78, 5) is 13.9. The molecule has 1 saturated carbocycles. The van der Waals surface area contributed by atoms with Crippen molar-refractivity contribution >= 4 is 27.5 Å². The molecular weight excluding hydrogens is 303 g/mol. The highest BCUT2D eigenvalue weighted by atomic mass is 79.9. The van der Waals surface area contributed by atoms with Crippen molar-refractivity contribution in [3.05, 3.63) is 28.0 Å². The summed E-state index contributed by atoms with van der Waals surface area (Å²) < 4.78 is 13.6. The number of aliphatic hydroxyl groups is 1. The molecule has 1 aliphatic rings. The Kier molecular flexibility index (Phi) is 3.87. The number of hydrogen-bond donors (Lipinski definition) is 2. The van der Waals surface area contributed by atoms with E-state index >= 15 is 0 Å². The first kappa shape index (κ1) is 13.3. The van der Waals surface area contributed by atoms with Crippen molar-refractivity contribution in [2.75, 3.05) is 18.9 Å². The molecule has 0 spiro atoms. The van der Waals surface area contributed by atoms with Crippen molar-refractivity contribution in [2.45, 2.75) is 18.9 Å². The fourth-order valence-corrected chi connectivity index (χ4v) is 2.31. The average Bonchev–Trinajstić information content (AvgIpc) is 3.14. The average molecular weight is 317 g/mol. The smallest absolute Gasteiger partial charge is 0.255 e. The van der Waals surface area contributed by atoms with E-state index in [1.165, 1.54) is 12.1 Å². The van der Waals surface area contributed by atoms with E-state index in [0.29, 0.717) is 10.0 Å². The molecule has 0 saturated heterocycles. The normalized spacial score (nSPS) is 14.6. The molecule has 0 atom stereocenters. The lowest BCUT2D eigenvalue weighted by Gasteiger charge is -2.22. The lowest BCUT2D eigenvalue weighted by molar-refractivity contribution is 0.0706. The van der Waals surface area contributed by atoms with E-state index in [1.807, 2.05) is 0 Å². The van der Waals surface area contributed by atoms with Gasteiger partial charge in [-0.25, -0.2) is 4.39 Å². The zero-order chi connectivity index (χ0) is 13.3. The van der Waals surface area contributed by atoms with Gasteiger partial charge in [-0.2, -0.15) is 0 Å². The van der Waals surface area contributed by atoms with E-state index in [2.05, 4.69) is 15.9 Å². The number of nitrogens with zero attached hydrogens (tertiary/aromatic N) is 1. The van der Waals surface area contributed by atoms with E-state index in [1.54, 1.807) is 4.90 Å². The van der Waals surface area contributed by atoms with E-state index in [4.69, 9.17) is 10.8 Å². The van der Waals surface area contributed by atoms with Crippen LogP contribution in [0.4, 0.5) is 10.1 Å². The number of halogens is 2. The van der Waals surface area contributed by atoms with Crippen molar-refractivity contribution in [3.8, 4) is 0 Å². The predicted molar refractivity (Wildman–Crippen MR) is 69.7 cm³/mol. The fraction of sp³-hybridized carbons (Fsp3) is 0.417. The van der Waals surface area contributed by atoms with Gasteiger partial charge in [0.25, 0.3) is 5.91 Å². The Morgan fingerprint density at radius 3 is 2.78 bits per heavy atom. The van der Waals surface area contributed by atoms with Gasteiger partial charge in [-0.05, 0) is 40.9 Å². The van der Waals surface area contributed by atoms with Gasteiger partial charge >= 0.3 is 0 Å². The number of benzene rings is 1. The number of nitrogen functional groups attached to an aromatic ring is 1. The molecule has 3 N–H and O–H groups in total. The van der Waals surface area contributed by atoms with Crippen LogP contribution < -0.4 is 5.73 Å². The second kappa shape index (κ2) is 5.24. The third kappa shape index (κ3) is 2.64. The third-order valence-corrected chi connectivity index (χ3v) is 3.56. The maximum Gasteiger partial charge on any atom is 0.255 e. The lowest BCUT2D eigenvalue weighted by atomic mass is 10.1. The van der Waals surface area contributed by atoms with Gasteiger partial charge in [-0.15, -0.1) is 0 Å². The molecule has 0 aliphatic heterocycles. The van der Waals surface area contributed by atoms with Crippen molar-refractivity contribution in [1.82, 2.24) is 4.90 Å². The minimum absolute atomic E-state index is 0.0544. The Labute approximate surface area is 113 Å². The third-order valence-electron chi connectivity index (χ3n) is 2.91. The number of amides is 1. The summed E-state index contributed by atoms with van der Waals surface area (Å²) in [6.45, 7) is 0.198. The Hall–Kier alpha value is -1.14. The van der Waals surface area contributed by atoms with Gasteiger partial charge in [0.15, 0.2) is 0 Å². The highest BCUT2D eigenvalue weighted by Gasteiger charge is 2.33. The molecule has 98 valence electrons. The Bertz CT molecular complexity index is 477. The summed E-state index contributed by atoms with van der Waals surface area (Å²) in [5.74, 6) is -0.788. The molecular formula is C12H14BrFN2O2. The van der Waals surface area contributed by atoms with Crippen LogP contribution in [0, 0.1) is 5.82 Å². The van der Waals surface area contributed by atoms with E-state index in [9.17, 15) is 9.18 Å². The van der Waals surface area contributed by atoms with Crippen molar-refractivity contribution in [1.29, 1.82) is 0 Å². The topological polar surface area (TPSA) is 66.6 Å². The van der Waals surface area contributed by atoms with Gasteiger partial charge < -0.3 is 15.7 Å². The Balaban J connectivity index is 2.29. The molecule has 4 nitrogen and oxygen atoms in total. The molecule has 18 heavy (non-hydrogen) atoms. The number of carbonyl (C=O) groups is 1. The fourth-order valence-electron chi connectivity index (χ4n) is 1.83. The zero-order valence-electron chi connectivity index (χ0n) is 9.70. The molecule has 1 fully saturated rings. The van der Waals surface area contributed by atoms with Crippen LogP contribution in [0.2, 0.25) is 0 Å². The van der Waals surface area contributed by atoms with E-state index in [-0.39, 0.29) is 30.8 Å². The van der Waals surface area contributed by atoms with Crippen molar-refractivity contribution < 1.29 is 14.3 Å². The van der Waals surface area contributed by atoms with Crippen LogP contribution in [-0.4, -0.2) is 35.1 Å². The molecule has 1 aliphatic carbocycles. The minimum Gasteiger partial charge on any atom is -0.396 e. The van der Waals surface area contributed by atoms with Gasteiger partial charge in [0.05, 0.1) is 17.9 Å². The van der Waals surface area contributed by atoms with Crippen LogP contribution in [0.5, 0.6) is 0 Å². The summed E-state index contributed by atoms with van der Waals surface area (Å²) >= 11 is 3.17. The van der Waals surface area contributed by atoms with Gasteiger partial charge in [-0.1, -0.05) is 0 Å². The number of nitrogens with two attached hydrogens (primary N) is 1. The molecule has 1 amide bonds. The summed E-state index contributed by atoms with van der Waals surface area (Å²) in [7, 11) is 0. The molecule has 0 bridgehead atoms. The number of hydrogen-bond acceptors (Lipinski definition) is 3. The largest absolute Gasteiger partial charge is 0.396 e. The first-order valence-corrected chi connectivity index (χ1v) is 6.50. The van der Waals surface area contributed by atoms with Gasteiger partial charge in [0.1, 0.15) is 5.82 Å². The quantitative estimate of drug-likeness (QED) is 0.832. The Morgan fingerprint density at radius 1 is 1.56 bits per heavy atom. The standard InChI is InChI=1S/C12H14BrFN2O2/c13-9-6-10(14)11(15)5-8(9)12(18)16(3-4-17)7-1-2-7/h5-7,17H,1-4,15H2. The van der Waals surface area contributed by atoms with Crippen LogP contribution in [0.3, 0.4) is 0 Å². The SMILES string of the molecule is Nc1cc(C(=O)N(CCO)C2CC2)c(Br)cc1F. The maximum absolute atomic E-state index is 13.2. The van der Waals surface area contributed by atoms with Crippen LogP contribution >= 0.6 is 15.9 Å². The minimum atomic E-state index is -0.557. The molecule has 0 heterocycles. The molecule has 2 rings (SSSR count). The summed E-state index contributed by atoms with van der Waals surface area (Å²) in [5, 5.41) is 8.99. The van der Waals surface area contributed by atoms with Crippen LogP contribution in [-0.2, 0) is 0 Å². The van der Waals surface area contributed by atoms with Gasteiger partial charge in [0, 0.05) is 17.1 Å². The van der Waals surface area contributed by atoms with Crippen molar-refractivity contribution in [3.63, 3.8) is 0 Å². The van der Waals surface area contributed by atoms with Crippen LogP contribution in [0.25, 0.3) is 0 Å². The summed E-state index contributed by atoms with van der Waals surface area (Å²) in [6.07, 6.45) is 1.89. The van der Waals surface area contributed by atoms with E-state index in [0.717, 1.165) is 12.8 Å². The second-order valence-electron chi connectivity index (χ2n) is 4.31. The molecule has 0 unspecified atom stereocenters. The second-order valence-corrected chi connectivity index (χ2v) is 5.16. The van der Waals surface area contributed by atoms with Gasteiger partial charge in [0.2, 0.25) is 0 Å².